The Balaban J connectivity index is 1.66. The van der Waals surface area contributed by atoms with Crippen LogP contribution in [0.5, 0.6) is 5.75 Å². The molecule has 0 aliphatic rings. The third-order valence-corrected chi connectivity index (χ3v) is 3.39. The van der Waals surface area contributed by atoms with Crippen LogP contribution < -0.4 is 20.7 Å². The molecule has 2 rings (SSSR count). The van der Waals surface area contributed by atoms with Crippen molar-refractivity contribution in [1.82, 2.24) is 10.6 Å². The van der Waals surface area contributed by atoms with Gasteiger partial charge in [0.2, 0.25) is 0 Å². The van der Waals surface area contributed by atoms with E-state index < -0.39 is 29.9 Å². The number of ether oxygens (including phenoxy) is 1. The lowest BCUT2D eigenvalue weighted by Crippen LogP contribution is -2.32. The van der Waals surface area contributed by atoms with E-state index in [-0.39, 0.29) is 24.3 Å². The molecule has 0 fully saturated rings. The van der Waals surface area contributed by atoms with E-state index in [2.05, 4.69) is 20.7 Å². The maximum atomic E-state index is 13.4. The van der Waals surface area contributed by atoms with E-state index in [1.54, 1.807) is 6.07 Å². The standard InChI is InChI=1S/C18H17F4N3O3/c19-15-5-2-1-4-14(15)16(26)23-10-3-11-24-17(27)25-12-6-8-13(9-7-12)28-18(20,21)22/h1-2,4-9H,3,10-11H2,(H,23,26)(H2,24,25,27). The van der Waals surface area contributed by atoms with Crippen molar-refractivity contribution in [3.63, 3.8) is 0 Å². The molecule has 3 amide bonds. The van der Waals surface area contributed by atoms with Crippen LogP contribution in [-0.4, -0.2) is 31.4 Å². The number of carbonyl (C=O) groups excluding carboxylic acids is 2. The summed E-state index contributed by atoms with van der Waals surface area (Å²) >= 11 is 0. The fraction of sp³-hybridized carbons (Fsp3) is 0.222. The molecule has 0 saturated carbocycles. The number of anilines is 1. The molecular formula is C18H17F4N3O3. The van der Waals surface area contributed by atoms with Gasteiger partial charge in [-0.2, -0.15) is 0 Å². The van der Waals surface area contributed by atoms with Crippen LogP contribution in [0.25, 0.3) is 0 Å². The Morgan fingerprint density at radius 3 is 2.21 bits per heavy atom. The van der Waals surface area contributed by atoms with E-state index in [4.69, 9.17) is 0 Å². The van der Waals surface area contributed by atoms with Gasteiger partial charge in [-0.1, -0.05) is 12.1 Å². The van der Waals surface area contributed by atoms with Gasteiger partial charge in [0, 0.05) is 18.8 Å². The van der Waals surface area contributed by atoms with Gasteiger partial charge < -0.3 is 20.7 Å². The summed E-state index contributed by atoms with van der Waals surface area (Å²) < 4.78 is 53.4. The van der Waals surface area contributed by atoms with Gasteiger partial charge in [0.05, 0.1) is 5.56 Å². The molecule has 0 aromatic heterocycles. The topological polar surface area (TPSA) is 79.5 Å². The summed E-state index contributed by atoms with van der Waals surface area (Å²) in [6.45, 7) is 0.440. The molecule has 10 heteroatoms. The van der Waals surface area contributed by atoms with Crippen molar-refractivity contribution in [3.8, 4) is 5.75 Å². The zero-order valence-electron chi connectivity index (χ0n) is 14.5. The molecule has 0 radical (unpaired) electrons. The van der Waals surface area contributed by atoms with Crippen molar-refractivity contribution in [2.24, 2.45) is 0 Å². The monoisotopic (exact) mass is 399 g/mol. The lowest BCUT2D eigenvalue weighted by atomic mass is 10.2. The zero-order chi connectivity index (χ0) is 20.6. The molecule has 0 heterocycles. The zero-order valence-corrected chi connectivity index (χ0v) is 14.5. The van der Waals surface area contributed by atoms with Crippen molar-refractivity contribution in [1.29, 1.82) is 0 Å². The minimum atomic E-state index is -4.78. The molecule has 28 heavy (non-hydrogen) atoms. The molecule has 6 nitrogen and oxygen atoms in total. The molecule has 3 N–H and O–H groups in total. The number of rotatable bonds is 7. The van der Waals surface area contributed by atoms with Crippen molar-refractivity contribution in [2.75, 3.05) is 18.4 Å². The quantitative estimate of drug-likeness (QED) is 0.491. The van der Waals surface area contributed by atoms with E-state index in [9.17, 15) is 27.2 Å². The van der Waals surface area contributed by atoms with Gasteiger partial charge in [-0.3, -0.25) is 4.79 Å². The summed E-state index contributed by atoms with van der Waals surface area (Å²) in [5.41, 5.74) is 0.214. The molecule has 0 unspecified atom stereocenters. The van der Waals surface area contributed by atoms with Crippen LogP contribution in [0.4, 0.5) is 28.0 Å². The predicted molar refractivity (Wildman–Crippen MR) is 93.5 cm³/mol. The van der Waals surface area contributed by atoms with E-state index in [1.807, 2.05) is 0 Å². The number of alkyl halides is 3. The van der Waals surface area contributed by atoms with Gasteiger partial charge in [0.15, 0.2) is 0 Å². The molecule has 150 valence electrons. The Morgan fingerprint density at radius 2 is 1.57 bits per heavy atom. The van der Waals surface area contributed by atoms with E-state index in [0.717, 1.165) is 12.1 Å². The molecule has 2 aromatic carbocycles. The Kier molecular flexibility index (Phi) is 7.19. The number of nitrogens with one attached hydrogen (secondary N) is 3. The van der Waals surface area contributed by atoms with Crippen LogP contribution in [0.2, 0.25) is 0 Å². The summed E-state index contributed by atoms with van der Waals surface area (Å²) in [5, 5.41) is 7.49. The van der Waals surface area contributed by atoms with Crippen LogP contribution in [0, 0.1) is 5.82 Å². The van der Waals surface area contributed by atoms with Crippen LogP contribution in [-0.2, 0) is 0 Å². The lowest BCUT2D eigenvalue weighted by molar-refractivity contribution is -0.274. The van der Waals surface area contributed by atoms with Crippen LogP contribution in [0.15, 0.2) is 48.5 Å². The smallest absolute Gasteiger partial charge is 0.406 e. The first kappa shape index (κ1) is 21.0. The predicted octanol–water partition coefficient (Wildman–Crippen LogP) is 3.67. The van der Waals surface area contributed by atoms with Gasteiger partial charge >= 0.3 is 12.4 Å². The Morgan fingerprint density at radius 1 is 0.929 bits per heavy atom. The van der Waals surface area contributed by atoms with Crippen molar-refractivity contribution in [3.05, 3.63) is 59.9 Å². The number of hydrogen-bond acceptors (Lipinski definition) is 3. The number of benzene rings is 2. The first-order chi connectivity index (χ1) is 13.2. The molecule has 2 aromatic rings. The fourth-order valence-electron chi connectivity index (χ4n) is 2.15. The summed E-state index contributed by atoms with van der Waals surface area (Å²) in [6, 6.07) is 9.67. The number of halogens is 4. The van der Waals surface area contributed by atoms with Crippen LogP contribution in [0.1, 0.15) is 16.8 Å². The summed E-state index contributed by atoms with van der Waals surface area (Å²) in [7, 11) is 0. The molecule has 0 aliphatic carbocycles. The highest BCUT2D eigenvalue weighted by Gasteiger charge is 2.30. The van der Waals surface area contributed by atoms with Crippen LogP contribution in [0.3, 0.4) is 0 Å². The lowest BCUT2D eigenvalue weighted by Gasteiger charge is -2.11. The summed E-state index contributed by atoms with van der Waals surface area (Å²) in [4.78, 5) is 23.5. The SMILES string of the molecule is O=C(NCCCNC(=O)c1ccccc1F)Nc1ccc(OC(F)(F)F)cc1. The fourth-order valence-corrected chi connectivity index (χ4v) is 2.15. The van der Waals surface area contributed by atoms with Crippen molar-refractivity contribution < 1.29 is 31.9 Å². The second kappa shape index (κ2) is 9.58. The molecule has 0 saturated heterocycles. The normalized spacial score (nSPS) is 10.9. The third-order valence-electron chi connectivity index (χ3n) is 3.39. The Hall–Kier alpha value is -3.30. The molecule has 0 bridgehead atoms. The van der Waals surface area contributed by atoms with Gasteiger partial charge in [-0.05, 0) is 42.8 Å². The van der Waals surface area contributed by atoms with Gasteiger partial charge in [0.1, 0.15) is 11.6 Å². The summed E-state index contributed by atoms with van der Waals surface area (Å²) in [6.07, 6.45) is -4.39. The van der Waals surface area contributed by atoms with Crippen molar-refractivity contribution in [2.45, 2.75) is 12.8 Å². The number of hydrogen-bond donors (Lipinski definition) is 3. The molecule has 0 spiro atoms. The Bertz CT molecular complexity index is 810. The van der Waals surface area contributed by atoms with E-state index in [1.165, 1.54) is 30.3 Å². The molecular weight excluding hydrogens is 382 g/mol. The van der Waals surface area contributed by atoms with Gasteiger partial charge in [-0.15, -0.1) is 13.2 Å². The second-order valence-electron chi connectivity index (χ2n) is 5.54. The third kappa shape index (κ3) is 7.14. The first-order valence-corrected chi connectivity index (χ1v) is 8.18. The highest BCUT2D eigenvalue weighted by Crippen LogP contribution is 2.23. The average molecular weight is 399 g/mol. The maximum absolute atomic E-state index is 13.4. The van der Waals surface area contributed by atoms with Gasteiger partial charge in [0.25, 0.3) is 5.91 Å². The Labute approximate surface area is 157 Å². The highest BCUT2D eigenvalue weighted by atomic mass is 19.4. The average Bonchev–Trinajstić information content (AvgIpc) is 2.62. The largest absolute Gasteiger partial charge is 0.573 e. The van der Waals surface area contributed by atoms with E-state index in [0.29, 0.717) is 6.42 Å². The maximum Gasteiger partial charge on any atom is 0.573 e. The molecule has 0 aliphatic heterocycles. The minimum absolute atomic E-state index is 0.0637. The second-order valence-corrected chi connectivity index (χ2v) is 5.54. The first-order valence-electron chi connectivity index (χ1n) is 8.18. The van der Waals surface area contributed by atoms with Crippen LogP contribution >= 0.6 is 0 Å². The molecule has 0 atom stereocenters. The number of amides is 3. The summed E-state index contributed by atoms with van der Waals surface area (Å²) in [5.74, 6) is -1.57. The van der Waals surface area contributed by atoms with Gasteiger partial charge in [-0.25, -0.2) is 9.18 Å². The number of carbonyl (C=O) groups is 2. The number of urea groups is 1. The highest BCUT2D eigenvalue weighted by molar-refractivity contribution is 5.94. The van der Waals surface area contributed by atoms with E-state index >= 15 is 0 Å². The minimum Gasteiger partial charge on any atom is -0.406 e. The van der Waals surface area contributed by atoms with Crippen molar-refractivity contribution >= 4 is 17.6 Å².